The van der Waals surface area contributed by atoms with E-state index < -0.39 is 48.1 Å². The van der Waals surface area contributed by atoms with Crippen LogP contribution in [0.4, 0.5) is 57.1 Å². The highest BCUT2D eigenvalue weighted by Crippen LogP contribution is 2.60. The molecule has 0 atom stereocenters. The molecule has 34 heavy (non-hydrogen) atoms. The number of aliphatic hydroxyl groups is 1. The van der Waals surface area contributed by atoms with Gasteiger partial charge in [-0.05, 0) is 31.3 Å². The van der Waals surface area contributed by atoms with Crippen molar-refractivity contribution in [3.63, 3.8) is 0 Å². The van der Waals surface area contributed by atoms with Crippen molar-refractivity contribution < 1.29 is 62.2 Å². The highest BCUT2D eigenvalue weighted by Gasteiger charge is 2.90. The first-order valence-corrected chi connectivity index (χ1v) is 10.1. The predicted molar refractivity (Wildman–Crippen MR) is 101 cm³/mol. The number of aliphatic hydroxyl groups excluding tert-OH is 1. The Morgan fingerprint density at radius 2 is 0.941 bits per heavy atom. The van der Waals surface area contributed by atoms with Crippen LogP contribution in [0.5, 0.6) is 0 Å². The highest BCUT2D eigenvalue weighted by molar-refractivity contribution is 5.10. The number of hydrogen-bond donors (Lipinski definition) is 2. The van der Waals surface area contributed by atoms with Gasteiger partial charge in [-0.2, -0.15) is 57.1 Å². The molecule has 0 aromatic heterocycles. The number of rotatable bonds is 10. The Kier molecular flexibility index (Phi) is 15.4. The minimum absolute atomic E-state index is 0.331. The first-order chi connectivity index (χ1) is 14.9. The summed E-state index contributed by atoms with van der Waals surface area (Å²) in [4.78, 5) is 0. The van der Waals surface area contributed by atoms with E-state index in [0.29, 0.717) is 12.5 Å². The predicted octanol–water partition coefficient (Wildman–Crippen LogP) is 7.41. The molecule has 0 heterocycles. The van der Waals surface area contributed by atoms with Crippen molar-refractivity contribution in [3.05, 3.63) is 0 Å². The van der Waals surface area contributed by atoms with Crippen LogP contribution in [-0.4, -0.2) is 60.6 Å². The maximum Gasteiger partial charge on any atom is 0.460 e. The first kappa shape index (κ1) is 37.6. The van der Waals surface area contributed by atoms with Crippen LogP contribution in [0.15, 0.2) is 0 Å². The van der Waals surface area contributed by atoms with E-state index in [1.165, 1.54) is 0 Å². The van der Waals surface area contributed by atoms with Gasteiger partial charge in [-0.3, -0.25) is 0 Å². The van der Waals surface area contributed by atoms with Gasteiger partial charge in [0.15, 0.2) is 0 Å². The van der Waals surface area contributed by atoms with Crippen molar-refractivity contribution in [1.29, 1.82) is 0 Å². The molecule has 0 saturated heterocycles. The molecule has 0 unspecified atom stereocenters. The number of alkyl halides is 13. The lowest BCUT2D eigenvalue weighted by Gasteiger charge is -2.40. The lowest BCUT2D eigenvalue weighted by Crippen LogP contribution is -2.70. The van der Waals surface area contributed by atoms with Crippen LogP contribution in [0.3, 0.4) is 0 Å². The third-order valence-electron chi connectivity index (χ3n) is 3.87. The monoisotopic (exact) mass is 537 g/mol. The van der Waals surface area contributed by atoms with Crippen LogP contribution < -0.4 is 5.32 Å². The van der Waals surface area contributed by atoms with E-state index in [9.17, 15) is 57.1 Å². The van der Waals surface area contributed by atoms with Crippen molar-refractivity contribution in [1.82, 2.24) is 5.32 Å². The average molecular weight is 537 g/mol. The summed E-state index contributed by atoms with van der Waals surface area (Å²) in [5, 5.41) is 11.3. The topological polar surface area (TPSA) is 32.3 Å². The summed E-state index contributed by atoms with van der Waals surface area (Å²) < 4.78 is 164. The summed E-state index contributed by atoms with van der Waals surface area (Å²) >= 11 is 0. The molecule has 0 radical (unpaired) electrons. The molecule has 0 fully saturated rings. The van der Waals surface area contributed by atoms with Crippen molar-refractivity contribution in [2.45, 2.75) is 90.2 Å². The second-order valence-electron chi connectivity index (χ2n) is 7.96. The zero-order valence-corrected chi connectivity index (χ0v) is 19.6. The minimum Gasteiger partial charge on any atom is -0.396 e. The molecule has 0 aromatic rings. The Labute approximate surface area is 190 Å². The molecule has 0 aliphatic carbocycles. The first-order valence-electron chi connectivity index (χ1n) is 10.1. The largest absolute Gasteiger partial charge is 0.460 e. The van der Waals surface area contributed by atoms with E-state index in [2.05, 4.69) is 33.0 Å². The van der Waals surface area contributed by atoms with E-state index in [0.717, 1.165) is 33.4 Å². The molecule has 2 nitrogen and oxygen atoms in total. The molecule has 210 valence electrons. The van der Waals surface area contributed by atoms with E-state index in [1.807, 2.05) is 0 Å². The molecule has 0 aliphatic rings. The molecule has 0 bridgehead atoms. The normalized spacial score (nSPS) is 13.9. The molecule has 15 heteroatoms. The lowest BCUT2D eigenvalue weighted by atomic mass is 9.90. The molecule has 0 spiro atoms. The SMILES string of the molecule is CC(C)CC(F)(F)C(F)(F)C(F)(F)C(F)(F)C(F)(F)C(F)(F)F.CC(C)CCO.CCNCC. The molecule has 0 saturated carbocycles. The fourth-order valence-electron chi connectivity index (χ4n) is 1.95. The quantitative estimate of drug-likeness (QED) is 0.285. The van der Waals surface area contributed by atoms with Gasteiger partial charge in [0.05, 0.1) is 0 Å². The van der Waals surface area contributed by atoms with Crippen LogP contribution in [0.25, 0.3) is 0 Å². The van der Waals surface area contributed by atoms with Gasteiger partial charge in [-0.1, -0.05) is 41.5 Å². The zero-order valence-electron chi connectivity index (χ0n) is 19.6. The fourth-order valence-corrected chi connectivity index (χ4v) is 1.95. The highest BCUT2D eigenvalue weighted by atomic mass is 19.4. The summed E-state index contributed by atoms with van der Waals surface area (Å²) in [7, 11) is 0. The van der Waals surface area contributed by atoms with Crippen LogP contribution >= 0.6 is 0 Å². The summed E-state index contributed by atoms with van der Waals surface area (Å²) in [6, 6.07) is 0. The van der Waals surface area contributed by atoms with Gasteiger partial charge in [-0.15, -0.1) is 0 Å². The maximum absolute atomic E-state index is 13.1. The van der Waals surface area contributed by atoms with Gasteiger partial charge in [0.2, 0.25) is 0 Å². The van der Waals surface area contributed by atoms with Crippen LogP contribution in [0, 0.1) is 11.8 Å². The fraction of sp³-hybridized carbons (Fsp3) is 1.00. The summed E-state index contributed by atoms with van der Waals surface area (Å²) in [5.74, 6) is -37.1. The van der Waals surface area contributed by atoms with E-state index in [1.54, 1.807) is 0 Å². The summed E-state index contributed by atoms with van der Waals surface area (Å²) in [6.45, 7) is 12.5. The number of nitrogens with one attached hydrogen (secondary N) is 1. The van der Waals surface area contributed by atoms with Crippen molar-refractivity contribution in [2.24, 2.45) is 11.8 Å². The summed E-state index contributed by atoms with van der Waals surface area (Å²) in [6.07, 6.45) is -8.59. The minimum atomic E-state index is -7.82. The van der Waals surface area contributed by atoms with Crippen LogP contribution in [0.2, 0.25) is 0 Å². The van der Waals surface area contributed by atoms with Crippen LogP contribution in [0.1, 0.15) is 54.4 Å². The maximum atomic E-state index is 13.1. The Morgan fingerprint density at radius 3 is 1.12 bits per heavy atom. The molecular formula is C19H32F13NO. The molecule has 0 aromatic carbocycles. The second kappa shape index (κ2) is 13.9. The number of hydrogen-bond acceptors (Lipinski definition) is 2. The van der Waals surface area contributed by atoms with Crippen molar-refractivity contribution >= 4 is 0 Å². The molecule has 0 aliphatic heterocycles. The molecule has 0 amide bonds. The smallest absolute Gasteiger partial charge is 0.396 e. The van der Waals surface area contributed by atoms with Gasteiger partial charge in [0.25, 0.3) is 0 Å². The van der Waals surface area contributed by atoms with Gasteiger partial charge in [0.1, 0.15) is 0 Å². The second-order valence-corrected chi connectivity index (χ2v) is 7.96. The van der Waals surface area contributed by atoms with E-state index in [4.69, 9.17) is 5.11 Å². The molecule has 0 rings (SSSR count). The van der Waals surface area contributed by atoms with Gasteiger partial charge in [-0.25, -0.2) is 0 Å². The lowest BCUT2D eigenvalue weighted by molar-refractivity contribution is -0.440. The summed E-state index contributed by atoms with van der Waals surface area (Å²) in [5.41, 5.74) is 0. The third-order valence-corrected chi connectivity index (χ3v) is 3.87. The Bertz CT molecular complexity index is 545. The Morgan fingerprint density at radius 1 is 0.588 bits per heavy atom. The van der Waals surface area contributed by atoms with Crippen molar-refractivity contribution in [2.75, 3.05) is 19.7 Å². The third kappa shape index (κ3) is 9.57. The standard InChI is InChI=1S/C10H9F13.C5H12O.C4H11N/c1-4(2)3-5(11,12)6(13,14)7(15,16)8(17,18)9(19,20)10(21,22)23;1-5(2)3-4-6;1-3-5-4-2/h4H,3H2,1-2H3;5-6H,3-4H2,1-2H3;5H,3-4H2,1-2H3. The Balaban J connectivity index is -0.000000718. The average Bonchev–Trinajstić information content (AvgIpc) is 2.60. The van der Waals surface area contributed by atoms with Crippen LogP contribution in [-0.2, 0) is 0 Å². The van der Waals surface area contributed by atoms with Gasteiger partial charge in [0, 0.05) is 13.0 Å². The zero-order chi connectivity index (χ0) is 28.4. The van der Waals surface area contributed by atoms with Crippen molar-refractivity contribution in [3.8, 4) is 0 Å². The Hall–Kier alpha value is -0.990. The van der Waals surface area contributed by atoms with E-state index in [-0.39, 0.29) is 0 Å². The molecule has 2 N–H and O–H groups in total. The van der Waals surface area contributed by atoms with E-state index >= 15 is 0 Å². The number of halogens is 13. The van der Waals surface area contributed by atoms with Gasteiger partial charge >= 0.3 is 35.8 Å². The molecular weight excluding hydrogens is 505 g/mol. The van der Waals surface area contributed by atoms with Gasteiger partial charge < -0.3 is 10.4 Å².